The highest BCUT2D eigenvalue weighted by atomic mass is 31.0. The molecule has 0 aromatic carbocycles. The van der Waals surface area contributed by atoms with Gasteiger partial charge in [-0.3, -0.25) is 0 Å². The lowest BCUT2D eigenvalue weighted by molar-refractivity contribution is 0.469. The molecule has 64 valence electrons. The molecule has 0 fully saturated rings. The van der Waals surface area contributed by atoms with Crippen molar-refractivity contribution in [3.8, 4) is 0 Å². The first-order chi connectivity index (χ1) is 2.00. The van der Waals surface area contributed by atoms with E-state index < -0.39 is 0 Å². The molecular weight excluding hydrogens is 167 g/mol. The SMILES string of the molecule is CC(C)(C)C.N.P.P.P. The van der Waals surface area contributed by atoms with Crippen LogP contribution in [-0.2, 0) is 0 Å². The Hall–Kier alpha value is 1.25. The summed E-state index contributed by atoms with van der Waals surface area (Å²) in [5.74, 6) is 0. The monoisotopic (exact) mass is 191 g/mol. The van der Waals surface area contributed by atoms with Crippen LogP contribution >= 0.6 is 29.7 Å². The molecule has 0 saturated heterocycles. The first-order valence-electron chi connectivity index (χ1n) is 2.00. The topological polar surface area (TPSA) is 35.0 Å². The molecule has 0 aliphatic heterocycles. The van der Waals surface area contributed by atoms with Crippen LogP contribution in [0, 0.1) is 5.41 Å². The largest absolute Gasteiger partial charge is 0.344 e. The second-order valence-corrected chi connectivity index (χ2v) is 3.00. The highest BCUT2D eigenvalue weighted by Crippen LogP contribution is 2.07. The zero-order valence-electron chi connectivity index (χ0n) is 7.33. The molecule has 0 amide bonds. The van der Waals surface area contributed by atoms with Crippen LogP contribution in [0.5, 0.6) is 0 Å². The third kappa shape index (κ3) is 311. The number of hydrogen-bond acceptors (Lipinski definition) is 1. The molecular formula is C5H24NP3. The van der Waals surface area contributed by atoms with Crippen molar-refractivity contribution >= 4 is 29.7 Å². The summed E-state index contributed by atoms with van der Waals surface area (Å²) in [6, 6.07) is 0. The third-order valence-corrected chi connectivity index (χ3v) is 0. The summed E-state index contributed by atoms with van der Waals surface area (Å²) >= 11 is 0. The fourth-order valence-electron chi connectivity index (χ4n) is 0. The van der Waals surface area contributed by atoms with Gasteiger partial charge in [-0.25, -0.2) is 0 Å². The molecule has 0 aromatic heterocycles. The molecule has 0 aliphatic rings. The van der Waals surface area contributed by atoms with Gasteiger partial charge in [0, 0.05) is 0 Å². The van der Waals surface area contributed by atoms with E-state index in [1.165, 1.54) is 0 Å². The van der Waals surface area contributed by atoms with Crippen molar-refractivity contribution < 1.29 is 0 Å². The fourth-order valence-corrected chi connectivity index (χ4v) is 0. The smallest absolute Gasteiger partial charge is 0.0411 e. The average Bonchev–Trinajstić information content (AvgIpc) is 0.722. The summed E-state index contributed by atoms with van der Waals surface area (Å²) < 4.78 is 0. The summed E-state index contributed by atoms with van der Waals surface area (Å²) in [6.45, 7) is 8.75. The lowest BCUT2D eigenvalue weighted by Gasteiger charge is -2.05. The van der Waals surface area contributed by atoms with Gasteiger partial charge < -0.3 is 6.15 Å². The van der Waals surface area contributed by atoms with Gasteiger partial charge in [0.25, 0.3) is 0 Å². The van der Waals surface area contributed by atoms with Crippen molar-refractivity contribution in [2.24, 2.45) is 5.41 Å². The zero-order chi connectivity index (χ0) is 4.50. The average molecular weight is 191 g/mol. The van der Waals surface area contributed by atoms with E-state index in [1.807, 2.05) is 0 Å². The quantitative estimate of drug-likeness (QED) is 0.586. The summed E-state index contributed by atoms with van der Waals surface area (Å²) in [5, 5.41) is 0. The van der Waals surface area contributed by atoms with Gasteiger partial charge in [0.05, 0.1) is 0 Å². The molecule has 0 spiro atoms. The summed E-state index contributed by atoms with van der Waals surface area (Å²) in [6.07, 6.45) is 0. The van der Waals surface area contributed by atoms with Gasteiger partial charge in [0.2, 0.25) is 0 Å². The van der Waals surface area contributed by atoms with Gasteiger partial charge >= 0.3 is 0 Å². The molecule has 0 saturated carbocycles. The van der Waals surface area contributed by atoms with E-state index in [0.29, 0.717) is 5.41 Å². The number of rotatable bonds is 0. The second kappa shape index (κ2) is 12.0. The van der Waals surface area contributed by atoms with Crippen molar-refractivity contribution in [1.82, 2.24) is 6.15 Å². The molecule has 0 rings (SSSR count). The van der Waals surface area contributed by atoms with Crippen molar-refractivity contribution in [2.75, 3.05) is 0 Å². The van der Waals surface area contributed by atoms with Gasteiger partial charge in [0.15, 0.2) is 0 Å². The molecule has 0 radical (unpaired) electrons. The van der Waals surface area contributed by atoms with Gasteiger partial charge in [0.1, 0.15) is 0 Å². The Morgan fingerprint density at radius 3 is 0.667 bits per heavy atom. The van der Waals surface area contributed by atoms with Crippen molar-refractivity contribution in [2.45, 2.75) is 27.7 Å². The molecule has 0 heterocycles. The van der Waals surface area contributed by atoms with Crippen molar-refractivity contribution in [3.63, 3.8) is 0 Å². The van der Waals surface area contributed by atoms with Crippen molar-refractivity contribution in [1.29, 1.82) is 0 Å². The maximum atomic E-state index is 2.19. The highest BCUT2D eigenvalue weighted by molar-refractivity contribution is 6.92. The predicted molar refractivity (Wildman–Crippen MR) is 63.5 cm³/mol. The van der Waals surface area contributed by atoms with Gasteiger partial charge in [-0.1, -0.05) is 27.7 Å². The van der Waals surface area contributed by atoms with Crippen LogP contribution in [0.15, 0.2) is 0 Å². The lowest BCUT2D eigenvalue weighted by atomic mass is 10.0. The minimum Gasteiger partial charge on any atom is -0.344 e. The molecule has 3 atom stereocenters. The summed E-state index contributed by atoms with van der Waals surface area (Å²) in [5.41, 5.74) is 0.500. The maximum absolute atomic E-state index is 2.19. The van der Waals surface area contributed by atoms with Gasteiger partial charge in [-0.05, 0) is 5.41 Å². The lowest BCUT2D eigenvalue weighted by Crippen LogP contribution is -1.93. The van der Waals surface area contributed by atoms with E-state index in [2.05, 4.69) is 27.7 Å². The molecule has 4 heteroatoms. The minimum absolute atomic E-state index is 0. The van der Waals surface area contributed by atoms with E-state index in [4.69, 9.17) is 0 Å². The minimum atomic E-state index is 0. The standard InChI is InChI=1S/C5H12.H3N.3H3P/c1-5(2,3)4;;;;/h1-4H3;4*1H3. The van der Waals surface area contributed by atoms with Gasteiger partial charge in [-0.15, -0.1) is 0 Å². The third-order valence-electron chi connectivity index (χ3n) is 0. The van der Waals surface area contributed by atoms with Gasteiger partial charge in [-0.2, -0.15) is 29.7 Å². The molecule has 0 aromatic rings. The van der Waals surface area contributed by atoms with E-state index >= 15 is 0 Å². The Morgan fingerprint density at radius 1 is 0.667 bits per heavy atom. The van der Waals surface area contributed by atoms with Crippen LogP contribution in [0.4, 0.5) is 0 Å². The van der Waals surface area contributed by atoms with Crippen LogP contribution in [0.1, 0.15) is 27.7 Å². The molecule has 9 heavy (non-hydrogen) atoms. The Balaban J connectivity index is -0.0000000133. The normalized spacial score (nSPS) is 6.67. The Bertz CT molecular complexity index is 27.7. The van der Waals surface area contributed by atoms with E-state index in [0.717, 1.165) is 0 Å². The first kappa shape index (κ1) is 31.8. The second-order valence-electron chi connectivity index (χ2n) is 3.00. The maximum Gasteiger partial charge on any atom is -0.0411 e. The first-order valence-corrected chi connectivity index (χ1v) is 2.00. The zero-order valence-corrected chi connectivity index (χ0v) is 11.6. The Kier molecular flexibility index (Phi) is 42.3. The molecule has 0 aliphatic carbocycles. The molecule has 0 bridgehead atoms. The van der Waals surface area contributed by atoms with Crippen LogP contribution in [0.25, 0.3) is 0 Å². The van der Waals surface area contributed by atoms with Crippen LogP contribution in [0.2, 0.25) is 0 Å². The van der Waals surface area contributed by atoms with Crippen LogP contribution in [-0.4, -0.2) is 0 Å². The fraction of sp³-hybridized carbons (Fsp3) is 1.00. The summed E-state index contributed by atoms with van der Waals surface area (Å²) in [4.78, 5) is 0. The van der Waals surface area contributed by atoms with E-state index in [9.17, 15) is 0 Å². The van der Waals surface area contributed by atoms with E-state index in [1.54, 1.807) is 0 Å². The predicted octanol–water partition coefficient (Wildman–Crippen LogP) is 2.39. The molecule has 1 nitrogen and oxygen atoms in total. The summed E-state index contributed by atoms with van der Waals surface area (Å²) in [7, 11) is 0. The Morgan fingerprint density at radius 2 is 0.667 bits per heavy atom. The van der Waals surface area contributed by atoms with E-state index in [-0.39, 0.29) is 35.8 Å². The van der Waals surface area contributed by atoms with Crippen LogP contribution in [0.3, 0.4) is 0 Å². The Labute approximate surface area is 69.6 Å². The molecule has 3 unspecified atom stereocenters. The van der Waals surface area contributed by atoms with Crippen molar-refractivity contribution in [3.05, 3.63) is 0 Å². The highest BCUT2D eigenvalue weighted by Gasteiger charge is 1.95. The number of hydrogen-bond donors (Lipinski definition) is 1. The molecule has 3 N–H and O–H groups in total. The van der Waals surface area contributed by atoms with Crippen LogP contribution < -0.4 is 6.15 Å².